The van der Waals surface area contributed by atoms with E-state index in [1.165, 1.54) is 19.4 Å². The Morgan fingerprint density at radius 2 is 2.16 bits per heavy atom. The zero-order valence-electron chi connectivity index (χ0n) is 11.6. The first kappa shape index (κ1) is 13.1. The normalized spacial score (nSPS) is 27.4. The number of ether oxygens (including phenoxy) is 1. The second-order valence-corrected chi connectivity index (χ2v) is 6.04. The van der Waals surface area contributed by atoms with E-state index in [-0.39, 0.29) is 0 Å². The maximum absolute atomic E-state index is 6.16. The molecular formula is C15H21ClN2O. The minimum Gasteiger partial charge on any atom is -0.495 e. The lowest BCUT2D eigenvalue weighted by molar-refractivity contribution is 0.202. The third kappa shape index (κ3) is 2.41. The van der Waals surface area contributed by atoms with Crippen molar-refractivity contribution in [3.8, 4) is 5.75 Å². The zero-order valence-corrected chi connectivity index (χ0v) is 12.4. The summed E-state index contributed by atoms with van der Waals surface area (Å²) >= 11 is 6.16. The van der Waals surface area contributed by atoms with Gasteiger partial charge in [-0.1, -0.05) is 11.6 Å². The minimum atomic E-state index is 0.502. The van der Waals surface area contributed by atoms with Crippen molar-refractivity contribution in [2.75, 3.05) is 31.6 Å². The van der Waals surface area contributed by atoms with Gasteiger partial charge < -0.3 is 9.64 Å². The summed E-state index contributed by atoms with van der Waals surface area (Å²) in [5, 5.41) is 0.775. The molecule has 2 unspecified atom stereocenters. The highest BCUT2D eigenvalue weighted by Crippen LogP contribution is 2.36. The number of piperazine rings is 1. The maximum atomic E-state index is 6.16. The van der Waals surface area contributed by atoms with Gasteiger partial charge in [0.15, 0.2) is 0 Å². The average molecular weight is 281 g/mol. The van der Waals surface area contributed by atoms with E-state index in [9.17, 15) is 0 Å². The molecule has 3 nitrogen and oxygen atoms in total. The summed E-state index contributed by atoms with van der Waals surface area (Å²) in [6, 6.07) is 7.08. The molecule has 0 N–H and O–H groups in total. The summed E-state index contributed by atoms with van der Waals surface area (Å²) in [5.74, 6) is 0.919. The van der Waals surface area contributed by atoms with Crippen LogP contribution >= 0.6 is 11.6 Å². The van der Waals surface area contributed by atoms with Gasteiger partial charge in [-0.3, -0.25) is 4.90 Å². The number of hydrogen-bond donors (Lipinski definition) is 0. The SMILES string of the molecule is COc1ccc(Cl)cc1N1CC2CCCN2CC1C. The zero-order chi connectivity index (χ0) is 13.4. The van der Waals surface area contributed by atoms with Gasteiger partial charge in [0.05, 0.1) is 12.8 Å². The van der Waals surface area contributed by atoms with Crippen LogP contribution in [0.2, 0.25) is 5.02 Å². The summed E-state index contributed by atoms with van der Waals surface area (Å²) < 4.78 is 5.50. The van der Waals surface area contributed by atoms with Gasteiger partial charge in [0.1, 0.15) is 5.75 Å². The highest BCUT2D eigenvalue weighted by atomic mass is 35.5. The van der Waals surface area contributed by atoms with Crippen LogP contribution in [0.4, 0.5) is 5.69 Å². The Kier molecular flexibility index (Phi) is 3.59. The van der Waals surface area contributed by atoms with E-state index in [1.54, 1.807) is 7.11 Å². The van der Waals surface area contributed by atoms with Crippen molar-refractivity contribution in [2.24, 2.45) is 0 Å². The van der Waals surface area contributed by atoms with Crippen LogP contribution in [0.1, 0.15) is 19.8 Å². The van der Waals surface area contributed by atoms with Gasteiger partial charge in [0, 0.05) is 30.2 Å². The van der Waals surface area contributed by atoms with Crippen LogP contribution in [0.5, 0.6) is 5.75 Å². The monoisotopic (exact) mass is 280 g/mol. The molecule has 0 radical (unpaired) electrons. The fourth-order valence-corrected chi connectivity index (χ4v) is 3.58. The molecule has 1 aromatic carbocycles. The molecule has 0 saturated carbocycles. The topological polar surface area (TPSA) is 15.7 Å². The molecule has 19 heavy (non-hydrogen) atoms. The maximum Gasteiger partial charge on any atom is 0.142 e. The Hall–Kier alpha value is -0.930. The lowest BCUT2D eigenvalue weighted by atomic mass is 10.1. The first-order valence-electron chi connectivity index (χ1n) is 7.03. The highest BCUT2D eigenvalue weighted by Gasteiger charge is 2.35. The van der Waals surface area contributed by atoms with Gasteiger partial charge in [-0.2, -0.15) is 0 Å². The fourth-order valence-electron chi connectivity index (χ4n) is 3.41. The molecule has 4 heteroatoms. The van der Waals surface area contributed by atoms with Crippen LogP contribution in [-0.4, -0.2) is 43.7 Å². The highest BCUT2D eigenvalue weighted by molar-refractivity contribution is 6.30. The number of halogens is 1. The standard InChI is InChI=1S/C15H21ClN2O/c1-11-9-17-7-3-4-13(17)10-18(11)14-8-12(16)5-6-15(14)19-2/h5-6,8,11,13H,3-4,7,9-10H2,1-2H3. The molecule has 2 aliphatic rings. The first-order chi connectivity index (χ1) is 9.19. The van der Waals surface area contributed by atoms with Crippen LogP contribution in [0, 0.1) is 0 Å². The Morgan fingerprint density at radius 1 is 1.32 bits per heavy atom. The van der Waals surface area contributed by atoms with Crippen molar-refractivity contribution in [1.82, 2.24) is 4.90 Å². The molecule has 104 valence electrons. The van der Waals surface area contributed by atoms with E-state index in [1.807, 2.05) is 18.2 Å². The van der Waals surface area contributed by atoms with Gasteiger partial charge in [0.25, 0.3) is 0 Å². The predicted octanol–water partition coefficient (Wildman–Crippen LogP) is 3.02. The predicted molar refractivity (Wildman–Crippen MR) is 79.4 cm³/mol. The first-order valence-corrected chi connectivity index (χ1v) is 7.41. The molecule has 0 spiro atoms. The average Bonchev–Trinajstić information content (AvgIpc) is 2.84. The minimum absolute atomic E-state index is 0.502. The summed E-state index contributed by atoms with van der Waals surface area (Å²) in [5.41, 5.74) is 1.13. The number of fused-ring (bicyclic) bond motifs is 1. The third-order valence-electron chi connectivity index (χ3n) is 4.39. The van der Waals surface area contributed by atoms with Crippen molar-refractivity contribution in [1.29, 1.82) is 0 Å². The molecule has 2 atom stereocenters. The molecule has 0 aliphatic carbocycles. The Labute approximate surface area is 120 Å². The lowest BCUT2D eigenvalue weighted by Gasteiger charge is -2.44. The van der Waals surface area contributed by atoms with Gasteiger partial charge in [-0.05, 0) is 44.5 Å². The number of nitrogens with zero attached hydrogens (tertiary/aromatic N) is 2. The van der Waals surface area contributed by atoms with E-state index in [2.05, 4.69) is 16.7 Å². The number of rotatable bonds is 2. The number of methoxy groups -OCH3 is 1. The van der Waals surface area contributed by atoms with Crippen LogP contribution in [-0.2, 0) is 0 Å². The molecular weight excluding hydrogens is 260 g/mol. The van der Waals surface area contributed by atoms with Gasteiger partial charge >= 0.3 is 0 Å². The van der Waals surface area contributed by atoms with Gasteiger partial charge in [0.2, 0.25) is 0 Å². The van der Waals surface area contributed by atoms with Crippen molar-refractivity contribution < 1.29 is 4.74 Å². The molecule has 0 aromatic heterocycles. The molecule has 2 fully saturated rings. The Balaban J connectivity index is 1.90. The van der Waals surface area contributed by atoms with Crippen molar-refractivity contribution in [2.45, 2.75) is 31.8 Å². The van der Waals surface area contributed by atoms with Crippen LogP contribution in [0.3, 0.4) is 0 Å². The number of hydrogen-bond acceptors (Lipinski definition) is 3. The fraction of sp³-hybridized carbons (Fsp3) is 0.600. The molecule has 2 saturated heterocycles. The lowest BCUT2D eigenvalue weighted by Crippen LogP contribution is -2.55. The number of anilines is 1. The van der Waals surface area contributed by atoms with Gasteiger partial charge in [-0.15, -0.1) is 0 Å². The van der Waals surface area contributed by atoms with E-state index >= 15 is 0 Å². The molecule has 0 amide bonds. The van der Waals surface area contributed by atoms with E-state index in [0.29, 0.717) is 12.1 Å². The summed E-state index contributed by atoms with van der Waals surface area (Å²) in [4.78, 5) is 5.08. The third-order valence-corrected chi connectivity index (χ3v) is 4.62. The van der Waals surface area contributed by atoms with E-state index < -0.39 is 0 Å². The summed E-state index contributed by atoms with van der Waals surface area (Å²) in [6.07, 6.45) is 2.64. The van der Waals surface area contributed by atoms with Gasteiger partial charge in [-0.25, -0.2) is 0 Å². The molecule has 3 rings (SSSR count). The van der Waals surface area contributed by atoms with Crippen molar-refractivity contribution in [3.63, 3.8) is 0 Å². The number of benzene rings is 1. The van der Waals surface area contributed by atoms with Crippen molar-refractivity contribution >= 4 is 17.3 Å². The summed E-state index contributed by atoms with van der Waals surface area (Å²) in [7, 11) is 1.73. The van der Waals surface area contributed by atoms with Crippen LogP contribution in [0.15, 0.2) is 18.2 Å². The molecule has 1 aromatic rings. The van der Waals surface area contributed by atoms with Crippen LogP contribution < -0.4 is 9.64 Å². The van der Waals surface area contributed by atoms with E-state index in [4.69, 9.17) is 16.3 Å². The molecule has 2 aliphatic heterocycles. The van der Waals surface area contributed by atoms with E-state index in [0.717, 1.165) is 29.5 Å². The molecule has 2 heterocycles. The van der Waals surface area contributed by atoms with Crippen molar-refractivity contribution in [3.05, 3.63) is 23.2 Å². The second-order valence-electron chi connectivity index (χ2n) is 5.61. The second kappa shape index (κ2) is 5.22. The Bertz CT molecular complexity index is 465. The largest absolute Gasteiger partial charge is 0.495 e. The smallest absolute Gasteiger partial charge is 0.142 e. The summed E-state index contributed by atoms with van der Waals surface area (Å²) in [6.45, 7) is 5.77. The van der Waals surface area contributed by atoms with Crippen LogP contribution in [0.25, 0.3) is 0 Å². The quantitative estimate of drug-likeness (QED) is 0.828. The Morgan fingerprint density at radius 3 is 2.95 bits per heavy atom. The molecule has 0 bridgehead atoms.